The van der Waals surface area contributed by atoms with Gasteiger partial charge in [-0.3, -0.25) is 9.59 Å². The Morgan fingerprint density at radius 3 is 1.70 bits per heavy atom. The van der Waals surface area contributed by atoms with Gasteiger partial charge < -0.3 is 158 Å². The highest BCUT2D eigenvalue weighted by Gasteiger charge is 2.74. The van der Waals surface area contributed by atoms with E-state index in [1.165, 1.54) is 34.0 Å². The maximum absolute atomic E-state index is 16.3. The molecule has 1 aromatic rings. The lowest BCUT2D eigenvalue weighted by atomic mass is 9.33. The fourth-order valence-electron chi connectivity index (χ4n) is 20.2. The number of benzene rings is 1. The van der Waals surface area contributed by atoms with Crippen LogP contribution in [0.15, 0.2) is 42.0 Å². The predicted octanol–water partition coefficient (Wildman–Crippen LogP) is -3.77. The molecule has 11 aliphatic rings. The number of esters is 2. The zero-order valence-electron chi connectivity index (χ0n) is 62.0. The van der Waals surface area contributed by atoms with E-state index in [1.54, 1.807) is 24.3 Å². The van der Waals surface area contributed by atoms with E-state index in [0.29, 0.717) is 30.6 Å². The van der Waals surface area contributed by atoms with E-state index in [2.05, 4.69) is 20.8 Å². The zero-order chi connectivity index (χ0) is 79.3. The molecule has 35 nitrogen and oxygen atoms in total. The summed E-state index contributed by atoms with van der Waals surface area (Å²) in [5, 5.41) is 200. The third-order valence-corrected chi connectivity index (χ3v) is 26.6. The van der Waals surface area contributed by atoms with Crippen molar-refractivity contribution in [3.05, 3.63) is 47.6 Å². The Hall–Kier alpha value is -4.21. The molecule has 0 radical (unpaired) electrons. The summed E-state index contributed by atoms with van der Waals surface area (Å²) in [6, 6.07) is 6.63. The lowest BCUT2D eigenvalue weighted by Crippen LogP contribution is -2.71. The minimum atomic E-state index is -2.18. The number of methoxy groups -OCH3 is 1. The van der Waals surface area contributed by atoms with Gasteiger partial charge in [0, 0.05) is 11.5 Å². The van der Waals surface area contributed by atoms with Crippen LogP contribution >= 0.6 is 0 Å². The number of hydrogen-bond acceptors (Lipinski definition) is 34. The Balaban J connectivity index is 0.851. The van der Waals surface area contributed by atoms with Gasteiger partial charge in [-0.2, -0.15) is 0 Å². The van der Waals surface area contributed by atoms with E-state index in [-0.39, 0.29) is 38.5 Å². The largest absolute Gasteiger partial charge is 0.497 e. The second kappa shape index (κ2) is 32.5. The molecule has 4 saturated carbocycles. The first-order valence-electron chi connectivity index (χ1n) is 37.5. The second-order valence-electron chi connectivity index (χ2n) is 33.3. The third kappa shape index (κ3) is 15.0. The van der Waals surface area contributed by atoms with Crippen molar-refractivity contribution in [1.82, 2.24) is 0 Å². The number of carboxylic acid groups (broad SMARTS) is 1. The Kier molecular flexibility index (Phi) is 25.1. The number of rotatable bonds is 20. The van der Waals surface area contributed by atoms with Crippen LogP contribution < -0.4 is 4.74 Å². The van der Waals surface area contributed by atoms with Crippen LogP contribution in [0.3, 0.4) is 0 Å². The number of aliphatic carboxylic acids is 1. The molecule has 0 spiro atoms. The van der Waals surface area contributed by atoms with Gasteiger partial charge in [-0.05, 0) is 136 Å². The second-order valence-corrected chi connectivity index (χ2v) is 33.3. The average molecular weight is 1560 g/mol. The molecule has 0 aromatic heterocycles. The van der Waals surface area contributed by atoms with Crippen molar-refractivity contribution in [1.29, 1.82) is 0 Å². The topological polar surface area (TPSA) is 545 Å². The molecule has 38 atom stereocenters. The molecule has 0 unspecified atom stereocenters. The lowest BCUT2D eigenvalue weighted by molar-refractivity contribution is -0.390. The number of aliphatic hydroxyl groups is 17. The standard InChI is InChI=1S/C74H110O35/c1-30-56(105-62-52(89)47(84)40(28-98-62)103-64-53(90)48(85)45(82)38(25-75)101-64)50(87)55(92)63(99-30)107-59-58(106-61-51(88)44(81)37(79)27-97-61)57(104-43(80)16-11-32-9-12-33(96-8)13-10-32)31(2)100-66(59)109-68(95)73-20-19-69(3,4)23-35(73)34-14-15-41-70(5)24-36(78)60(108-65-54(91)49(86)46(83)39(26-76)102-65)72(7,67(93)94)42(70)17-18-71(41,6)74(34,29-77)22-21-73/h9-14,16,30-31,35-42,44-66,75-79,81-92H,15,17-29H2,1-8H3,(H,93,94)/t30-,31+,35-,36-,37-,38+,39+,40+,41+,42+,44-,45-,46+,47-,48-,49-,50-,51+,52+,53+,54+,55+,56-,57-,58-,59+,60-,61+,62-,63-,64-,65-,66-,70+,71+,72-,73-,74-/m0/s1. The predicted molar refractivity (Wildman–Crippen MR) is 364 cm³/mol. The first kappa shape index (κ1) is 84.2. The van der Waals surface area contributed by atoms with E-state index in [4.69, 9.17) is 66.3 Å². The van der Waals surface area contributed by atoms with Crippen molar-refractivity contribution in [3.63, 3.8) is 0 Å². The van der Waals surface area contributed by atoms with Gasteiger partial charge in [-0.25, -0.2) is 4.79 Å². The van der Waals surface area contributed by atoms with E-state index < -0.39 is 285 Å². The fraction of sp³-hybridized carbons (Fsp3) is 0.824. The highest BCUT2D eigenvalue weighted by Crippen LogP contribution is 2.76. The van der Waals surface area contributed by atoms with Crippen molar-refractivity contribution >= 4 is 24.0 Å². The number of ether oxygens (including phenoxy) is 14. The molecule has 35 heteroatoms. The van der Waals surface area contributed by atoms with Crippen molar-refractivity contribution in [2.45, 2.75) is 290 Å². The van der Waals surface area contributed by atoms with E-state index in [1.807, 2.05) is 13.0 Å². The maximum Gasteiger partial charge on any atom is 0.331 e. The van der Waals surface area contributed by atoms with Gasteiger partial charge in [-0.1, -0.05) is 51.5 Å². The minimum absolute atomic E-state index is 0.0271. The number of allylic oxidation sites excluding steroid dienone is 1. The van der Waals surface area contributed by atoms with Gasteiger partial charge in [0.2, 0.25) is 6.29 Å². The van der Waals surface area contributed by atoms with Gasteiger partial charge >= 0.3 is 17.9 Å². The van der Waals surface area contributed by atoms with E-state index >= 15 is 4.79 Å². The van der Waals surface area contributed by atoms with Gasteiger partial charge in [-0.15, -0.1) is 0 Å². The number of aliphatic hydroxyl groups excluding tert-OH is 17. The lowest BCUT2D eigenvalue weighted by Gasteiger charge is -2.71. The van der Waals surface area contributed by atoms with Crippen LogP contribution in [0.25, 0.3) is 6.08 Å². The van der Waals surface area contributed by atoms with Crippen molar-refractivity contribution in [3.8, 4) is 5.75 Å². The van der Waals surface area contributed by atoms with Crippen molar-refractivity contribution in [2.24, 2.45) is 50.2 Å². The molecular weight excluding hydrogens is 1450 g/mol. The van der Waals surface area contributed by atoms with E-state index in [9.17, 15) is 102 Å². The molecule has 6 saturated heterocycles. The summed E-state index contributed by atoms with van der Waals surface area (Å²) in [5.74, 6) is -4.45. The first-order chi connectivity index (χ1) is 51.4. The van der Waals surface area contributed by atoms with Crippen LogP contribution in [0.4, 0.5) is 0 Å². The van der Waals surface area contributed by atoms with Crippen LogP contribution in [0.1, 0.15) is 112 Å². The van der Waals surface area contributed by atoms with Gasteiger partial charge in [0.25, 0.3) is 0 Å². The van der Waals surface area contributed by atoms with Crippen molar-refractivity contribution < 1.29 is 173 Å². The molecule has 12 rings (SSSR count). The summed E-state index contributed by atoms with van der Waals surface area (Å²) in [5.41, 5.74) is -5.38. The quantitative estimate of drug-likeness (QED) is 0.0258. The third-order valence-electron chi connectivity index (χ3n) is 26.6. The summed E-state index contributed by atoms with van der Waals surface area (Å²) >= 11 is 0. The number of fused-ring (bicyclic) bond motifs is 7. The Bertz CT molecular complexity index is 3380. The summed E-state index contributed by atoms with van der Waals surface area (Å²) in [6.45, 7) is 9.25. The summed E-state index contributed by atoms with van der Waals surface area (Å²) in [4.78, 5) is 44.6. The molecule has 1 aromatic carbocycles. The van der Waals surface area contributed by atoms with E-state index in [0.717, 1.165) is 11.6 Å². The summed E-state index contributed by atoms with van der Waals surface area (Å²) in [6.07, 6.45) is -46.2. The molecule has 0 bridgehead atoms. The van der Waals surface area contributed by atoms with Gasteiger partial charge in [0.05, 0.1) is 69.3 Å². The first-order valence-corrected chi connectivity index (χ1v) is 37.5. The smallest absolute Gasteiger partial charge is 0.331 e. The molecular formula is C74H110O35. The maximum atomic E-state index is 16.3. The monoisotopic (exact) mass is 1560 g/mol. The molecule has 0 amide bonds. The zero-order valence-corrected chi connectivity index (χ0v) is 62.0. The van der Waals surface area contributed by atoms with Crippen LogP contribution in [0.2, 0.25) is 0 Å². The van der Waals surface area contributed by atoms with Crippen LogP contribution in [-0.4, -0.2) is 334 Å². The number of carboxylic acids is 1. The van der Waals surface area contributed by atoms with Crippen LogP contribution in [-0.2, 0) is 76.0 Å². The molecule has 616 valence electrons. The molecule has 6 aliphatic heterocycles. The van der Waals surface area contributed by atoms with Crippen molar-refractivity contribution in [2.75, 3.05) is 40.1 Å². The Labute approximate surface area is 628 Å². The Morgan fingerprint density at radius 2 is 1.08 bits per heavy atom. The SMILES string of the molecule is COc1ccc(C=CC(=O)O[C@@H]2[C@H](O[C@H]3OC[C@H](O)[C@H](O)[C@H]3O)[C@@H](O[C@@H]3O[C@@H](C)[C@H](O[C@@H]4OC[C@@H](O[C@@H]5O[C@H](CO)[C@H](O)[C@H](O)[C@H]5O)[C@H](O)[C@H]4O)[C@@H](O)[C@H]3O)[C@H](OC(=O)[C@]34CCC(C)(C)C[C@H]3C3=CC[C@@H]5[C@@]6(C)C[C@H](O)[C@H](O[C@@H]7O[C@H](CO)[C@@H](O)[C@H](O)[C@H]7O)[C@@](C)(C(=O)O)[C@@H]6CC[C@@]5(C)[C@]3(CO)CC4)O[C@@H]2C)cc1. The fourth-order valence-corrected chi connectivity index (χ4v) is 20.2. The number of carbonyl (C=O) groups excluding carboxylic acids is 2. The summed E-state index contributed by atoms with van der Waals surface area (Å²) in [7, 11) is 1.48. The van der Waals surface area contributed by atoms with Crippen LogP contribution in [0.5, 0.6) is 5.75 Å². The molecule has 6 heterocycles. The van der Waals surface area contributed by atoms with Gasteiger partial charge in [0.15, 0.2) is 43.7 Å². The normalized spacial score (nSPS) is 49.9. The number of hydrogen-bond donors (Lipinski definition) is 18. The highest BCUT2D eigenvalue weighted by molar-refractivity contribution is 5.87. The number of carbonyl (C=O) groups is 3. The molecule has 18 N–H and O–H groups in total. The summed E-state index contributed by atoms with van der Waals surface area (Å²) < 4.78 is 84.9. The molecule has 109 heavy (non-hydrogen) atoms. The molecule has 5 aliphatic carbocycles. The minimum Gasteiger partial charge on any atom is -0.497 e. The molecule has 10 fully saturated rings. The van der Waals surface area contributed by atoms with Gasteiger partial charge in [0.1, 0.15) is 122 Å². The highest BCUT2D eigenvalue weighted by atomic mass is 16.8. The van der Waals surface area contributed by atoms with Crippen LogP contribution in [0, 0.1) is 50.2 Å². The Morgan fingerprint density at radius 1 is 0.532 bits per heavy atom. The average Bonchev–Trinajstić information content (AvgIpc) is 0.669.